The van der Waals surface area contributed by atoms with Crippen LogP contribution in [0.3, 0.4) is 0 Å². The standard InChI is InChI=1S/C50H85NO7/c1-6-8-10-12-14-16-18-20-22-23-24-25-27-29-31-33-35-37-39-41-49(53)58-46(44-56-43-42-47(50(54)55)51(3,4)5)45-57-48(52)40-38-36-34-32-30-28-26-21-19-17-15-13-11-9-7-2/h9,11,13,15,17,19,21,23-24,26,28,30,46-47H,6-8,10,12,14,16,18,20,22,25,27,29,31-45H2,1-5H3/b11-9+,15-13+,19-17+,24-23+,26-21+,30-28+. The lowest BCUT2D eigenvalue weighted by molar-refractivity contribution is -0.889. The molecular weight excluding hydrogens is 727 g/mol. The number of allylic oxidation sites excluding steroid dienone is 12. The van der Waals surface area contributed by atoms with Gasteiger partial charge in [0.25, 0.3) is 0 Å². The van der Waals surface area contributed by atoms with Gasteiger partial charge in [0.1, 0.15) is 12.6 Å². The van der Waals surface area contributed by atoms with Gasteiger partial charge in [-0.1, -0.05) is 170 Å². The van der Waals surface area contributed by atoms with E-state index in [9.17, 15) is 19.5 Å². The number of hydrogen-bond donors (Lipinski definition) is 0. The van der Waals surface area contributed by atoms with E-state index in [-0.39, 0.29) is 42.7 Å². The first kappa shape index (κ1) is 54.8. The van der Waals surface area contributed by atoms with E-state index >= 15 is 0 Å². The number of esters is 2. The molecule has 2 unspecified atom stereocenters. The Morgan fingerprint density at radius 1 is 0.534 bits per heavy atom. The third-order valence-electron chi connectivity index (χ3n) is 9.95. The summed E-state index contributed by atoms with van der Waals surface area (Å²) in [4.78, 5) is 36.9. The fourth-order valence-corrected chi connectivity index (χ4v) is 6.38. The van der Waals surface area contributed by atoms with E-state index < -0.39 is 18.1 Å². The van der Waals surface area contributed by atoms with Gasteiger partial charge in [-0.25, -0.2) is 0 Å². The minimum Gasteiger partial charge on any atom is -0.544 e. The molecule has 0 aromatic rings. The first-order chi connectivity index (χ1) is 28.1. The largest absolute Gasteiger partial charge is 0.544 e. The Kier molecular flexibility index (Phi) is 38.3. The van der Waals surface area contributed by atoms with Gasteiger partial charge in [0.05, 0.1) is 40.3 Å². The Bertz CT molecular complexity index is 1180. The summed E-state index contributed by atoms with van der Waals surface area (Å²) in [6, 6.07) is -0.736. The molecule has 0 aromatic heterocycles. The molecule has 0 fully saturated rings. The third kappa shape index (κ3) is 38.3. The lowest BCUT2D eigenvalue weighted by atomic mass is 10.1. The number of rotatable bonds is 40. The van der Waals surface area contributed by atoms with Crippen LogP contribution in [-0.4, -0.2) is 75.5 Å². The van der Waals surface area contributed by atoms with E-state index in [1.165, 1.54) is 89.9 Å². The van der Waals surface area contributed by atoms with Crippen molar-refractivity contribution in [2.24, 2.45) is 0 Å². The molecule has 0 rings (SSSR count). The maximum absolute atomic E-state index is 12.7. The van der Waals surface area contributed by atoms with Crippen LogP contribution in [-0.2, 0) is 28.6 Å². The number of carbonyl (C=O) groups excluding carboxylic acids is 3. The number of carbonyl (C=O) groups is 3. The summed E-state index contributed by atoms with van der Waals surface area (Å²) in [7, 11) is 5.39. The average molecular weight is 812 g/mol. The number of carboxylic acid groups (broad SMARTS) is 1. The predicted octanol–water partition coefficient (Wildman–Crippen LogP) is 11.4. The molecule has 0 saturated heterocycles. The molecule has 0 N–H and O–H groups in total. The molecule has 0 aromatic carbocycles. The van der Waals surface area contributed by atoms with E-state index in [0.29, 0.717) is 12.8 Å². The lowest BCUT2D eigenvalue weighted by Gasteiger charge is -2.34. The van der Waals surface area contributed by atoms with E-state index in [0.717, 1.165) is 51.4 Å². The van der Waals surface area contributed by atoms with Gasteiger partial charge in [-0.15, -0.1) is 0 Å². The minimum absolute atomic E-state index is 0.0217. The van der Waals surface area contributed by atoms with Crippen LogP contribution in [0.15, 0.2) is 72.9 Å². The van der Waals surface area contributed by atoms with E-state index in [1.807, 2.05) is 48.6 Å². The monoisotopic (exact) mass is 812 g/mol. The van der Waals surface area contributed by atoms with Crippen molar-refractivity contribution in [2.75, 3.05) is 41.0 Å². The Morgan fingerprint density at radius 3 is 1.50 bits per heavy atom. The highest BCUT2D eigenvalue weighted by Gasteiger charge is 2.25. The number of hydrogen-bond acceptors (Lipinski definition) is 7. The van der Waals surface area contributed by atoms with Crippen LogP contribution in [0, 0.1) is 0 Å². The van der Waals surface area contributed by atoms with Crippen molar-refractivity contribution in [2.45, 2.75) is 187 Å². The number of ether oxygens (including phenoxy) is 3. The van der Waals surface area contributed by atoms with Crippen molar-refractivity contribution in [1.29, 1.82) is 0 Å². The highest BCUT2D eigenvalue weighted by atomic mass is 16.6. The van der Waals surface area contributed by atoms with Crippen LogP contribution in [0.2, 0.25) is 0 Å². The van der Waals surface area contributed by atoms with Crippen LogP contribution >= 0.6 is 0 Å². The van der Waals surface area contributed by atoms with Gasteiger partial charge < -0.3 is 28.6 Å². The summed E-state index contributed by atoms with van der Waals surface area (Å²) in [6.07, 6.45) is 50.7. The number of likely N-dealkylation sites (N-methyl/N-ethyl adjacent to an activating group) is 1. The molecule has 0 spiro atoms. The van der Waals surface area contributed by atoms with Gasteiger partial charge in [-0.3, -0.25) is 9.59 Å². The zero-order valence-corrected chi connectivity index (χ0v) is 37.7. The lowest BCUT2D eigenvalue weighted by Crippen LogP contribution is -2.55. The number of aliphatic carboxylic acids is 1. The van der Waals surface area contributed by atoms with Crippen molar-refractivity contribution in [3.63, 3.8) is 0 Å². The van der Waals surface area contributed by atoms with E-state index in [4.69, 9.17) is 14.2 Å². The number of carboxylic acids is 1. The molecule has 0 aliphatic carbocycles. The van der Waals surface area contributed by atoms with Gasteiger partial charge in [0, 0.05) is 19.3 Å². The normalized spacial score (nSPS) is 13.6. The van der Waals surface area contributed by atoms with Crippen molar-refractivity contribution in [3.8, 4) is 0 Å². The molecule has 0 amide bonds. The summed E-state index contributed by atoms with van der Waals surface area (Å²) in [6.45, 7) is 4.46. The van der Waals surface area contributed by atoms with Gasteiger partial charge in [-0.2, -0.15) is 0 Å². The molecule has 0 aliphatic heterocycles. The molecule has 332 valence electrons. The van der Waals surface area contributed by atoms with Crippen molar-refractivity contribution >= 4 is 17.9 Å². The summed E-state index contributed by atoms with van der Waals surface area (Å²) in [5, 5.41) is 11.6. The van der Waals surface area contributed by atoms with Crippen LogP contribution in [0.1, 0.15) is 174 Å². The summed E-state index contributed by atoms with van der Waals surface area (Å²) >= 11 is 0. The molecule has 0 heterocycles. The molecule has 2 atom stereocenters. The van der Waals surface area contributed by atoms with Crippen molar-refractivity contribution in [1.82, 2.24) is 0 Å². The van der Waals surface area contributed by atoms with Crippen LogP contribution in [0.25, 0.3) is 0 Å². The summed E-state index contributed by atoms with van der Waals surface area (Å²) in [5.41, 5.74) is 0. The second-order valence-electron chi connectivity index (χ2n) is 16.4. The maximum atomic E-state index is 12.7. The third-order valence-corrected chi connectivity index (χ3v) is 9.95. The Hall–Kier alpha value is -3.23. The highest BCUT2D eigenvalue weighted by molar-refractivity contribution is 5.70. The predicted molar refractivity (Wildman–Crippen MR) is 240 cm³/mol. The fourth-order valence-electron chi connectivity index (χ4n) is 6.38. The highest BCUT2D eigenvalue weighted by Crippen LogP contribution is 2.14. The Balaban J connectivity index is 4.39. The molecular formula is C50H85NO7. The smallest absolute Gasteiger partial charge is 0.306 e. The molecule has 0 radical (unpaired) electrons. The van der Waals surface area contributed by atoms with Gasteiger partial charge >= 0.3 is 11.9 Å². The molecule has 0 aliphatic rings. The number of nitrogens with zero attached hydrogens (tertiary/aromatic N) is 1. The average Bonchev–Trinajstić information content (AvgIpc) is 3.18. The fraction of sp³-hybridized carbons (Fsp3) is 0.700. The molecule has 0 bridgehead atoms. The quantitative estimate of drug-likeness (QED) is 0.0200. The van der Waals surface area contributed by atoms with Crippen molar-refractivity contribution < 1.29 is 38.2 Å². The molecule has 0 saturated carbocycles. The van der Waals surface area contributed by atoms with E-state index in [2.05, 4.69) is 38.2 Å². The topological polar surface area (TPSA) is 102 Å². The molecule has 8 heteroatoms. The molecule has 8 nitrogen and oxygen atoms in total. The minimum atomic E-state index is -1.13. The number of quaternary nitrogens is 1. The second kappa shape index (κ2) is 40.5. The van der Waals surface area contributed by atoms with Crippen LogP contribution in [0.5, 0.6) is 0 Å². The number of unbranched alkanes of at least 4 members (excludes halogenated alkanes) is 18. The summed E-state index contributed by atoms with van der Waals surface area (Å²) in [5.74, 6) is -1.80. The Morgan fingerprint density at radius 2 is 0.983 bits per heavy atom. The zero-order valence-electron chi connectivity index (χ0n) is 37.7. The van der Waals surface area contributed by atoms with Gasteiger partial charge in [-0.05, 0) is 57.8 Å². The van der Waals surface area contributed by atoms with Crippen LogP contribution in [0.4, 0.5) is 0 Å². The van der Waals surface area contributed by atoms with E-state index in [1.54, 1.807) is 21.1 Å². The zero-order chi connectivity index (χ0) is 42.8. The summed E-state index contributed by atoms with van der Waals surface area (Å²) < 4.78 is 17.1. The van der Waals surface area contributed by atoms with Crippen molar-refractivity contribution in [3.05, 3.63) is 72.9 Å². The first-order valence-corrected chi connectivity index (χ1v) is 23.0. The van der Waals surface area contributed by atoms with Crippen LogP contribution < -0.4 is 5.11 Å². The Labute approximate surface area is 355 Å². The maximum Gasteiger partial charge on any atom is 0.306 e. The van der Waals surface area contributed by atoms with Gasteiger partial charge in [0.2, 0.25) is 0 Å². The molecule has 58 heavy (non-hydrogen) atoms. The second-order valence-corrected chi connectivity index (χ2v) is 16.4. The van der Waals surface area contributed by atoms with Gasteiger partial charge in [0.15, 0.2) is 6.10 Å². The SMILES string of the molecule is CC/C=C/C=C/C=C/C=C/C=C/CCCCCC(=O)OCC(COCCC(C(=O)[O-])[N+](C)(C)C)OC(=O)CCCCCCCCC/C=C/CCCCCCCCCC. The first-order valence-electron chi connectivity index (χ1n) is 23.0.